The molecule has 1 heterocycles. The van der Waals surface area contributed by atoms with Crippen LogP contribution in [0, 0.1) is 0 Å². The number of hydrogen-bond acceptors (Lipinski definition) is 2. The van der Waals surface area contributed by atoms with E-state index in [0.29, 0.717) is 5.88 Å². The standard InChI is InChI=1S/C10H13NO/c1-4-9-6-5-7-10(11-9)12-8(2)3/h4-8H,1H2,2-3H3. The lowest BCUT2D eigenvalue weighted by atomic mass is 10.3. The lowest BCUT2D eigenvalue weighted by Gasteiger charge is -2.08. The van der Waals surface area contributed by atoms with E-state index in [1.807, 2.05) is 32.0 Å². The Morgan fingerprint density at radius 2 is 2.25 bits per heavy atom. The summed E-state index contributed by atoms with van der Waals surface area (Å²) in [5.41, 5.74) is 0.841. The Morgan fingerprint density at radius 1 is 1.50 bits per heavy atom. The number of rotatable bonds is 3. The van der Waals surface area contributed by atoms with Crippen molar-refractivity contribution in [2.24, 2.45) is 0 Å². The predicted octanol–water partition coefficient (Wildman–Crippen LogP) is 2.51. The minimum atomic E-state index is 0.164. The van der Waals surface area contributed by atoms with Crippen LogP contribution in [-0.4, -0.2) is 11.1 Å². The SMILES string of the molecule is C=Cc1cccc(OC(C)C)n1. The highest BCUT2D eigenvalue weighted by Gasteiger charge is 1.97. The second kappa shape index (κ2) is 3.90. The van der Waals surface area contributed by atoms with E-state index >= 15 is 0 Å². The molecule has 0 fully saturated rings. The van der Waals surface area contributed by atoms with Gasteiger partial charge in [0.05, 0.1) is 11.8 Å². The summed E-state index contributed by atoms with van der Waals surface area (Å²) in [4.78, 5) is 4.19. The van der Waals surface area contributed by atoms with Gasteiger partial charge in [-0.25, -0.2) is 4.98 Å². The van der Waals surface area contributed by atoms with E-state index < -0.39 is 0 Å². The summed E-state index contributed by atoms with van der Waals surface area (Å²) in [5, 5.41) is 0. The molecule has 0 bridgehead atoms. The molecule has 1 rings (SSSR count). The van der Waals surface area contributed by atoms with Crippen LogP contribution in [0.1, 0.15) is 19.5 Å². The van der Waals surface area contributed by atoms with Gasteiger partial charge >= 0.3 is 0 Å². The summed E-state index contributed by atoms with van der Waals surface area (Å²) >= 11 is 0. The molecule has 0 radical (unpaired) electrons. The molecule has 0 saturated carbocycles. The van der Waals surface area contributed by atoms with Gasteiger partial charge in [0, 0.05) is 6.07 Å². The normalized spacial score (nSPS) is 9.92. The molecule has 1 aromatic heterocycles. The molecule has 0 aliphatic carbocycles. The van der Waals surface area contributed by atoms with Gasteiger partial charge in [0.1, 0.15) is 0 Å². The van der Waals surface area contributed by atoms with E-state index in [0.717, 1.165) is 5.69 Å². The maximum Gasteiger partial charge on any atom is 0.213 e. The second-order valence-electron chi connectivity index (χ2n) is 2.77. The fraction of sp³-hybridized carbons (Fsp3) is 0.300. The Bertz CT molecular complexity index is 268. The smallest absolute Gasteiger partial charge is 0.213 e. The van der Waals surface area contributed by atoms with Crippen molar-refractivity contribution in [3.8, 4) is 5.88 Å². The first kappa shape index (κ1) is 8.78. The highest BCUT2D eigenvalue weighted by molar-refractivity contribution is 5.42. The summed E-state index contributed by atoms with van der Waals surface area (Å²) in [6.45, 7) is 7.58. The van der Waals surface area contributed by atoms with Crippen molar-refractivity contribution in [2.75, 3.05) is 0 Å². The summed E-state index contributed by atoms with van der Waals surface area (Å²) in [5.74, 6) is 0.655. The zero-order valence-electron chi connectivity index (χ0n) is 7.45. The van der Waals surface area contributed by atoms with Gasteiger partial charge in [-0.2, -0.15) is 0 Å². The molecular formula is C10H13NO. The van der Waals surface area contributed by atoms with Gasteiger partial charge in [0.25, 0.3) is 0 Å². The molecule has 12 heavy (non-hydrogen) atoms. The molecule has 2 nitrogen and oxygen atoms in total. The largest absolute Gasteiger partial charge is 0.475 e. The minimum absolute atomic E-state index is 0.164. The molecular weight excluding hydrogens is 150 g/mol. The molecule has 0 unspecified atom stereocenters. The molecule has 0 aliphatic heterocycles. The van der Waals surface area contributed by atoms with Crippen molar-refractivity contribution in [1.29, 1.82) is 0 Å². The van der Waals surface area contributed by atoms with Gasteiger partial charge < -0.3 is 4.74 Å². The van der Waals surface area contributed by atoms with Crippen LogP contribution in [-0.2, 0) is 0 Å². The minimum Gasteiger partial charge on any atom is -0.475 e. The zero-order valence-corrected chi connectivity index (χ0v) is 7.45. The fourth-order valence-electron chi connectivity index (χ4n) is 0.852. The van der Waals surface area contributed by atoms with Crippen molar-refractivity contribution in [1.82, 2.24) is 4.98 Å². The molecule has 0 aliphatic rings. The third-order valence-electron chi connectivity index (χ3n) is 1.31. The van der Waals surface area contributed by atoms with E-state index in [-0.39, 0.29) is 6.10 Å². The topological polar surface area (TPSA) is 22.1 Å². The number of aromatic nitrogens is 1. The number of ether oxygens (including phenoxy) is 1. The first-order chi connectivity index (χ1) is 5.72. The average molecular weight is 163 g/mol. The molecule has 0 spiro atoms. The van der Waals surface area contributed by atoms with Gasteiger partial charge in [-0.05, 0) is 26.0 Å². The monoisotopic (exact) mass is 163 g/mol. The van der Waals surface area contributed by atoms with Crippen molar-refractivity contribution in [2.45, 2.75) is 20.0 Å². The predicted molar refractivity (Wildman–Crippen MR) is 50.1 cm³/mol. The molecule has 2 heteroatoms. The van der Waals surface area contributed by atoms with Crippen LogP contribution in [0.15, 0.2) is 24.8 Å². The van der Waals surface area contributed by atoms with E-state index in [4.69, 9.17) is 4.74 Å². The molecule has 0 N–H and O–H groups in total. The highest BCUT2D eigenvalue weighted by Crippen LogP contribution is 2.09. The Morgan fingerprint density at radius 3 is 2.83 bits per heavy atom. The van der Waals surface area contributed by atoms with Crippen LogP contribution >= 0.6 is 0 Å². The first-order valence-corrected chi connectivity index (χ1v) is 3.98. The van der Waals surface area contributed by atoms with Gasteiger partial charge in [0.15, 0.2) is 0 Å². The molecule has 0 saturated heterocycles. The van der Waals surface area contributed by atoms with E-state index in [1.165, 1.54) is 0 Å². The molecule has 0 atom stereocenters. The summed E-state index contributed by atoms with van der Waals surface area (Å²) < 4.78 is 5.40. The number of pyridine rings is 1. The van der Waals surface area contributed by atoms with Crippen LogP contribution in [0.5, 0.6) is 5.88 Å². The number of nitrogens with zero attached hydrogens (tertiary/aromatic N) is 1. The molecule has 0 amide bonds. The lowest BCUT2D eigenvalue weighted by Crippen LogP contribution is -2.06. The Labute approximate surface area is 72.9 Å². The van der Waals surface area contributed by atoms with Gasteiger partial charge in [-0.3, -0.25) is 0 Å². The molecule has 0 aromatic carbocycles. The zero-order chi connectivity index (χ0) is 8.97. The van der Waals surface area contributed by atoms with Crippen LogP contribution in [0.4, 0.5) is 0 Å². The van der Waals surface area contributed by atoms with Crippen LogP contribution in [0.2, 0.25) is 0 Å². The van der Waals surface area contributed by atoms with E-state index in [2.05, 4.69) is 11.6 Å². The maximum atomic E-state index is 5.40. The van der Waals surface area contributed by atoms with E-state index in [9.17, 15) is 0 Å². The van der Waals surface area contributed by atoms with Crippen molar-refractivity contribution >= 4 is 6.08 Å². The Balaban J connectivity index is 2.79. The van der Waals surface area contributed by atoms with Gasteiger partial charge in [-0.15, -0.1) is 0 Å². The fourth-order valence-corrected chi connectivity index (χ4v) is 0.852. The van der Waals surface area contributed by atoms with Crippen LogP contribution in [0.3, 0.4) is 0 Å². The Hall–Kier alpha value is -1.31. The van der Waals surface area contributed by atoms with Crippen molar-refractivity contribution < 1.29 is 4.74 Å². The van der Waals surface area contributed by atoms with Gasteiger partial charge in [0.2, 0.25) is 5.88 Å². The van der Waals surface area contributed by atoms with Crippen molar-refractivity contribution in [3.63, 3.8) is 0 Å². The summed E-state index contributed by atoms with van der Waals surface area (Å²) in [6, 6.07) is 5.63. The third-order valence-corrected chi connectivity index (χ3v) is 1.31. The quantitative estimate of drug-likeness (QED) is 0.683. The van der Waals surface area contributed by atoms with Crippen molar-refractivity contribution in [3.05, 3.63) is 30.5 Å². The highest BCUT2D eigenvalue weighted by atomic mass is 16.5. The first-order valence-electron chi connectivity index (χ1n) is 3.98. The number of hydrogen-bond donors (Lipinski definition) is 0. The summed E-state index contributed by atoms with van der Waals surface area (Å²) in [7, 11) is 0. The maximum absolute atomic E-state index is 5.40. The Kier molecular flexibility index (Phi) is 2.86. The average Bonchev–Trinajstić information content (AvgIpc) is 2.03. The molecule has 64 valence electrons. The second-order valence-corrected chi connectivity index (χ2v) is 2.77. The third kappa shape index (κ3) is 2.38. The van der Waals surface area contributed by atoms with Crippen LogP contribution < -0.4 is 4.74 Å². The lowest BCUT2D eigenvalue weighted by molar-refractivity contribution is 0.232. The molecule has 1 aromatic rings. The summed E-state index contributed by atoms with van der Waals surface area (Å²) in [6.07, 6.45) is 1.87. The van der Waals surface area contributed by atoms with Crippen LogP contribution in [0.25, 0.3) is 6.08 Å². The van der Waals surface area contributed by atoms with Gasteiger partial charge in [-0.1, -0.05) is 12.6 Å². The van der Waals surface area contributed by atoms with E-state index in [1.54, 1.807) is 6.08 Å².